The fraction of sp³-hybridized carbons (Fsp3) is 0.643. The van der Waals surface area contributed by atoms with Crippen LogP contribution in [0.25, 0.3) is 0 Å². The van der Waals surface area contributed by atoms with Gasteiger partial charge < -0.3 is 14.8 Å². The second kappa shape index (κ2) is 7.03. The van der Waals surface area contributed by atoms with Gasteiger partial charge in [-0.2, -0.15) is 0 Å². The summed E-state index contributed by atoms with van der Waals surface area (Å²) in [4.78, 5) is 13.5. The van der Waals surface area contributed by atoms with Gasteiger partial charge in [0, 0.05) is 29.5 Å². The topological polar surface area (TPSA) is 47.6 Å². The summed E-state index contributed by atoms with van der Waals surface area (Å²) in [6.07, 6.45) is 4.20. The zero-order chi connectivity index (χ0) is 13.7. The van der Waals surface area contributed by atoms with Crippen molar-refractivity contribution in [2.24, 2.45) is 0 Å². The van der Waals surface area contributed by atoms with Gasteiger partial charge in [-0.3, -0.25) is 4.79 Å². The minimum absolute atomic E-state index is 0.180. The van der Waals surface area contributed by atoms with E-state index in [0.29, 0.717) is 18.6 Å². The fourth-order valence-corrected chi connectivity index (χ4v) is 3.37. The fourth-order valence-electron chi connectivity index (χ4n) is 2.41. The molecule has 2 rings (SSSR count). The molecule has 0 spiro atoms. The third kappa shape index (κ3) is 4.30. The van der Waals surface area contributed by atoms with Gasteiger partial charge in [0.25, 0.3) is 0 Å². The average Bonchev–Trinajstić information content (AvgIpc) is 3.05. The highest BCUT2D eigenvalue weighted by Crippen LogP contribution is 2.23. The number of thiophene rings is 1. The zero-order valence-electron chi connectivity index (χ0n) is 11.5. The molecule has 1 saturated carbocycles. The molecule has 1 aliphatic carbocycles. The number of hydrogen-bond donors (Lipinski definition) is 1. The molecule has 1 N–H and O–H groups in total. The molecule has 1 heterocycles. The quantitative estimate of drug-likeness (QED) is 0.812. The molecule has 0 bridgehead atoms. The Kier molecular flexibility index (Phi) is 5.36. The Morgan fingerprint density at radius 2 is 2.16 bits per heavy atom. The lowest BCUT2D eigenvalue weighted by Crippen LogP contribution is -2.26. The Bertz CT molecular complexity index is 419. The van der Waals surface area contributed by atoms with Crippen LogP contribution in [0.15, 0.2) is 12.1 Å². The maximum atomic E-state index is 11.2. The third-order valence-corrected chi connectivity index (χ3v) is 4.63. The number of carbonyl (C=O) groups excluding carboxylic acids is 1. The molecule has 0 amide bonds. The highest BCUT2D eigenvalue weighted by atomic mass is 32.1. The van der Waals surface area contributed by atoms with Crippen LogP contribution in [0.4, 0.5) is 0 Å². The van der Waals surface area contributed by atoms with Crippen LogP contribution < -0.4 is 5.32 Å². The lowest BCUT2D eigenvalue weighted by Gasteiger charge is -2.11. The van der Waals surface area contributed by atoms with E-state index in [4.69, 9.17) is 4.74 Å². The Labute approximate surface area is 118 Å². The number of nitrogens with one attached hydrogen (secondary N) is 1. The van der Waals surface area contributed by atoms with Crippen molar-refractivity contribution in [2.45, 2.75) is 44.4 Å². The molecule has 5 heteroatoms. The molecule has 0 aliphatic heterocycles. The van der Waals surface area contributed by atoms with E-state index in [9.17, 15) is 4.79 Å². The van der Waals surface area contributed by atoms with E-state index < -0.39 is 0 Å². The normalized spacial score (nSPS) is 22.6. The van der Waals surface area contributed by atoms with Crippen molar-refractivity contribution in [3.05, 3.63) is 21.9 Å². The second-order valence-electron chi connectivity index (χ2n) is 4.87. The predicted molar refractivity (Wildman–Crippen MR) is 75.3 cm³/mol. The van der Waals surface area contributed by atoms with Gasteiger partial charge in [-0.1, -0.05) is 0 Å². The van der Waals surface area contributed by atoms with Crippen LogP contribution in [-0.2, 0) is 27.2 Å². The lowest BCUT2D eigenvalue weighted by molar-refractivity contribution is -0.139. The van der Waals surface area contributed by atoms with Crippen LogP contribution in [-0.4, -0.2) is 32.3 Å². The minimum atomic E-state index is -0.180. The van der Waals surface area contributed by atoms with Crippen molar-refractivity contribution in [3.8, 4) is 0 Å². The van der Waals surface area contributed by atoms with Gasteiger partial charge in [-0.15, -0.1) is 11.3 Å². The van der Waals surface area contributed by atoms with E-state index in [0.717, 1.165) is 24.3 Å². The van der Waals surface area contributed by atoms with Crippen LogP contribution in [0, 0.1) is 0 Å². The number of esters is 1. The molecule has 2 atom stereocenters. The largest absolute Gasteiger partial charge is 0.469 e. The van der Waals surface area contributed by atoms with E-state index in [1.165, 1.54) is 18.4 Å². The monoisotopic (exact) mass is 283 g/mol. The molecule has 0 saturated heterocycles. The number of carbonyl (C=O) groups is 1. The third-order valence-electron chi connectivity index (χ3n) is 3.55. The lowest BCUT2D eigenvalue weighted by atomic mass is 10.2. The highest BCUT2D eigenvalue weighted by Gasteiger charge is 2.23. The van der Waals surface area contributed by atoms with E-state index in [1.54, 1.807) is 18.4 Å². The van der Waals surface area contributed by atoms with Crippen molar-refractivity contribution in [1.29, 1.82) is 0 Å². The molecule has 106 valence electrons. The summed E-state index contributed by atoms with van der Waals surface area (Å²) in [7, 11) is 3.20. The average molecular weight is 283 g/mol. The van der Waals surface area contributed by atoms with E-state index in [1.807, 2.05) is 6.07 Å². The zero-order valence-corrected chi connectivity index (χ0v) is 12.3. The Morgan fingerprint density at radius 3 is 2.84 bits per heavy atom. The first-order valence-electron chi connectivity index (χ1n) is 6.62. The Morgan fingerprint density at radius 1 is 1.37 bits per heavy atom. The summed E-state index contributed by atoms with van der Waals surface area (Å²) in [6, 6.07) is 4.64. The summed E-state index contributed by atoms with van der Waals surface area (Å²) in [5.41, 5.74) is 0. The van der Waals surface area contributed by atoms with E-state index in [2.05, 4.69) is 16.1 Å². The molecule has 4 nitrogen and oxygen atoms in total. The summed E-state index contributed by atoms with van der Waals surface area (Å²) in [5, 5.41) is 3.56. The summed E-state index contributed by atoms with van der Waals surface area (Å²) >= 11 is 1.67. The van der Waals surface area contributed by atoms with Crippen molar-refractivity contribution in [3.63, 3.8) is 0 Å². The van der Waals surface area contributed by atoms with Crippen LogP contribution in [0.2, 0.25) is 0 Å². The standard InChI is InChI=1S/C14H21NO3S/c1-17-11-4-3-10(7-11)15-9-13-6-5-12(19-13)8-14(16)18-2/h5-6,10-11,15H,3-4,7-9H2,1-2H3. The van der Waals surface area contributed by atoms with Crippen LogP contribution in [0.3, 0.4) is 0 Å². The Hall–Kier alpha value is -0.910. The highest BCUT2D eigenvalue weighted by molar-refractivity contribution is 7.12. The molecule has 1 aliphatic rings. The maximum absolute atomic E-state index is 11.2. The first-order valence-corrected chi connectivity index (χ1v) is 7.43. The molecule has 1 aromatic heterocycles. The number of rotatable bonds is 6. The van der Waals surface area contributed by atoms with E-state index in [-0.39, 0.29) is 5.97 Å². The van der Waals surface area contributed by atoms with Crippen molar-refractivity contribution < 1.29 is 14.3 Å². The number of methoxy groups -OCH3 is 2. The first-order chi connectivity index (χ1) is 9.21. The molecule has 1 fully saturated rings. The first kappa shape index (κ1) is 14.5. The van der Waals surface area contributed by atoms with Gasteiger partial charge in [0.15, 0.2) is 0 Å². The van der Waals surface area contributed by atoms with Crippen LogP contribution >= 0.6 is 11.3 Å². The van der Waals surface area contributed by atoms with Gasteiger partial charge in [0.2, 0.25) is 0 Å². The van der Waals surface area contributed by atoms with Gasteiger partial charge in [-0.05, 0) is 31.4 Å². The number of ether oxygens (including phenoxy) is 2. The summed E-state index contributed by atoms with van der Waals surface area (Å²) in [5.74, 6) is -0.180. The molecule has 2 unspecified atom stereocenters. The summed E-state index contributed by atoms with van der Waals surface area (Å²) in [6.45, 7) is 0.868. The molecule has 1 aromatic rings. The van der Waals surface area contributed by atoms with Crippen molar-refractivity contribution in [2.75, 3.05) is 14.2 Å². The molecular weight excluding hydrogens is 262 g/mol. The molecule has 0 radical (unpaired) electrons. The van der Waals surface area contributed by atoms with Gasteiger partial charge >= 0.3 is 5.97 Å². The van der Waals surface area contributed by atoms with Gasteiger partial charge in [0.1, 0.15) is 0 Å². The maximum Gasteiger partial charge on any atom is 0.310 e. The predicted octanol–water partition coefficient (Wildman–Crippen LogP) is 2.12. The Balaban J connectivity index is 1.76. The van der Waals surface area contributed by atoms with Crippen molar-refractivity contribution >= 4 is 17.3 Å². The SMILES string of the molecule is COC(=O)Cc1ccc(CNC2CCC(OC)C2)s1. The minimum Gasteiger partial charge on any atom is -0.469 e. The summed E-state index contributed by atoms with van der Waals surface area (Å²) < 4.78 is 10.0. The van der Waals surface area contributed by atoms with Gasteiger partial charge in [0.05, 0.1) is 19.6 Å². The smallest absolute Gasteiger partial charge is 0.310 e. The molecular formula is C14H21NO3S. The van der Waals surface area contributed by atoms with E-state index >= 15 is 0 Å². The second-order valence-corrected chi connectivity index (χ2v) is 6.12. The van der Waals surface area contributed by atoms with Crippen LogP contribution in [0.1, 0.15) is 29.0 Å². The van der Waals surface area contributed by atoms with Crippen LogP contribution in [0.5, 0.6) is 0 Å². The molecule has 0 aromatic carbocycles. The van der Waals surface area contributed by atoms with Gasteiger partial charge in [-0.25, -0.2) is 0 Å². The molecule has 19 heavy (non-hydrogen) atoms. The number of hydrogen-bond acceptors (Lipinski definition) is 5. The van der Waals surface area contributed by atoms with Crippen molar-refractivity contribution in [1.82, 2.24) is 5.32 Å².